The molecule has 0 aliphatic heterocycles. The van der Waals surface area contributed by atoms with Crippen LogP contribution in [0.15, 0.2) is 60.9 Å². The number of nitrogens with one attached hydrogen (secondary N) is 2. The van der Waals surface area contributed by atoms with Crippen molar-refractivity contribution in [1.29, 1.82) is 0 Å². The van der Waals surface area contributed by atoms with Gasteiger partial charge in [-0.15, -0.1) is 0 Å². The summed E-state index contributed by atoms with van der Waals surface area (Å²) in [6.45, 7) is 2.83. The third-order valence-corrected chi connectivity index (χ3v) is 4.04. The van der Waals surface area contributed by atoms with Gasteiger partial charge < -0.3 is 15.4 Å². The van der Waals surface area contributed by atoms with Gasteiger partial charge in [-0.1, -0.05) is 24.3 Å². The van der Waals surface area contributed by atoms with Crippen LogP contribution in [0.25, 0.3) is 0 Å². The van der Waals surface area contributed by atoms with Gasteiger partial charge in [0.25, 0.3) is 0 Å². The van der Waals surface area contributed by atoms with Gasteiger partial charge in [-0.25, -0.2) is 0 Å². The molecule has 0 fully saturated rings. The minimum Gasteiger partial charge on any atom is -0.497 e. The lowest BCUT2D eigenvalue weighted by atomic mass is 10.1. The zero-order valence-electron chi connectivity index (χ0n) is 14.2. The van der Waals surface area contributed by atoms with Crippen LogP contribution in [0.5, 0.6) is 5.75 Å². The van der Waals surface area contributed by atoms with Crippen molar-refractivity contribution in [1.82, 2.24) is 9.78 Å². The molecule has 0 unspecified atom stereocenters. The molecular formula is C19H20N4OS. The molecule has 0 aliphatic rings. The number of methoxy groups -OCH3 is 1. The van der Waals surface area contributed by atoms with Crippen LogP contribution in [0.3, 0.4) is 0 Å². The second-order valence-electron chi connectivity index (χ2n) is 5.66. The molecule has 6 heteroatoms. The Morgan fingerprint density at radius 3 is 2.52 bits per heavy atom. The highest BCUT2D eigenvalue weighted by Gasteiger charge is 2.04. The van der Waals surface area contributed by atoms with Crippen LogP contribution >= 0.6 is 12.2 Å². The number of aromatic nitrogens is 2. The quantitative estimate of drug-likeness (QED) is 0.678. The molecule has 0 spiro atoms. The Bertz CT molecular complexity index is 858. The molecule has 2 aromatic carbocycles. The van der Waals surface area contributed by atoms with Crippen molar-refractivity contribution in [3.63, 3.8) is 0 Å². The van der Waals surface area contributed by atoms with E-state index in [1.54, 1.807) is 13.3 Å². The number of rotatable bonds is 5. The molecule has 0 bridgehead atoms. The third kappa shape index (κ3) is 4.58. The van der Waals surface area contributed by atoms with Crippen LogP contribution in [0.1, 0.15) is 11.1 Å². The van der Waals surface area contributed by atoms with Crippen molar-refractivity contribution < 1.29 is 4.74 Å². The lowest BCUT2D eigenvalue weighted by Crippen LogP contribution is -2.18. The van der Waals surface area contributed by atoms with Gasteiger partial charge in [0.15, 0.2) is 5.11 Å². The van der Waals surface area contributed by atoms with E-state index >= 15 is 0 Å². The summed E-state index contributed by atoms with van der Waals surface area (Å²) in [7, 11) is 1.64. The summed E-state index contributed by atoms with van der Waals surface area (Å²) in [4.78, 5) is 0. The highest BCUT2D eigenvalue weighted by atomic mass is 32.1. The Morgan fingerprint density at radius 2 is 1.80 bits per heavy atom. The molecule has 3 rings (SSSR count). The minimum atomic E-state index is 0.514. The molecule has 0 saturated heterocycles. The zero-order valence-corrected chi connectivity index (χ0v) is 15.0. The molecule has 0 radical (unpaired) electrons. The predicted octanol–water partition coefficient (Wildman–Crippen LogP) is 4.06. The van der Waals surface area contributed by atoms with Crippen molar-refractivity contribution in [2.24, 2.45) is 0 Å². The fourth-order valence-corrected chi connectivity index (χ4v) is 2.68. The summed E-state index contributed by atoms with van der Waals surface area (Å²) in [5.41, 5.74) is 4.24. The molecular weight excluding hydrogens is 332 g/mol. The van der Waals surface area contributed by atoms with Crippen LogP contribution < -0.4 is 15.4 Å². The molecule has 3 aromatic rings. The second-order valence-corrected chi connectivity index (χ2v) is 6.07. The molecule has 25 heavy (non-hydrogen) atoms. The van der Waals surface area contributed by atoms with E-state index in [9.17, 15) is 0 Å². The summed E-state index contributed by atoms with van der Waals surface area (Å²) in [5, 5.41) is 11.2. The van der Waals surface area contributed by atoms with Crippen LogP contribution in [-0.4, -0.2) is 22.0 Å². The van der Waals surface area contributed by atoms with E-state index < -0.39 is 0 Å². The maximum atomic E-state index is 5.35. The number of ether oxygens (including phenoxy) is 1. The van der Waals surface area contributed by atoms with Crippen LogP contribution in [0, 0.1) is 6.92 Å². The Kier molecular flexibility index (Phi) is 5.30. The highest BCUT2D eigenvalue weighted by Crippen LogP contribution is 2.16. The number of hydrogen-bond acceptors (Lipinski definition) is 3. The van der Waals surface area contributed by atoms with E-state index in [-0.39, 0.29) is 0 Å². The lowest BCUT2D eigenvalue weighted by molar-refractivity contribution is 0.415. The van der Waals surface area contributed by atoms with Gasteiger partial charge in [0.1, 0.15) is 5.75 Å². The van der Waals surface area contributed by atoms with Gasteiger partial charge in [0, 0.05) is 11.9 Å². The summed E-state index contributed by atoms with van der Waals surface area (Å²) in [6.07, 6.45) is 3.70. The number of thiocarbonyl (C=S) groups is 1. The van der Waals surface area contributed by atoms with Gasteiger partial charge in [-0.3, -0.25) is 4.68 Å². The van der Waals surface area contributed by atoms with E-state index in [0.717, 1.165) is 23.7 Å². The second kappa shape index (κ2) is 7.81. The van der Waals surface area contributed by atoms with Gasteiger partial charge in [0.2, 0.25) is 0 Å². The number of aryl methyl sites for hydroxylation is 1. The predicted molar refractivity (Wildman–Crippen MR) is 105 cm³/mol. The Hall–Kier alpha value is -2.86. The first-order valence-electron chi connectivity index (χ1n) is 7.93. The molecule has 2 N–H and O–H groups in total. The van der Waals surface area contributed by atoms with Gasteiger partial charge in [-0.2, -0.15) is 5.10 Å². The van der Waals surface area contributed by atoms with Crippen molar-refractivity contribution in [3.05, 3.63) is 72.1 Å². The van der Waals surface area contributed by atoms with Crippen molar-refractivity contribution >= 4 is 28.7 Å². The lowest BCUT2D eigenvalue weighted by Gasteiger charge is -2.09. The summed E-state index contributed by atoms with van der Waals surface area (Å²) in [5.74, 6) is 0.807. The maximum Gasteiger partial charge on any atom is 0.175 e. The van der Waals surface area contributed by atoms with Crippen LogP contribution in [0.4, 0.5) is 11.4 Å². The smallest absolute Gasteiger partial charge is 0.175 e. The Labute approximate surface area is 152 Å². The monoisotopic (exact) mass is 352 g/mol. The third-order valence-electron chi connectivity index (χ3n) is 3.83. The molecule has 5 nitrogen and oxygen atoms in total. The first kappa shape index (κ1) is 17.0. The number of hydrogen-bond donors (Lipinski definition) is 2. The average molecular weight is 352 g/mol. The first-order chi connectivity index (χ1) is 12.1. The SMILES string of the molecule is COc1ccc(NC(=S)Nc2cnn(Cc3ccccc3C)c2)cc1. The van der Waals surface area contributed by atoms with Crippen LogP contribution in [0.2, 0.25) is 0 Å². The van der Waals surface area contributed by atoms with E-state index in [1.165, 1.54) is 11.1 Å². The van der Waals surface area contributed by atoms with Crippen LogP contribution in [-0.2, 0) is 6.54 Å². The molecule has 0 saturated carbocycles. The number of anilines is 2. The van der Waals surface area contributed by atoms with Crippen molar-refractivity contribution in [3.8, 4) is 5.75 Å². The Morgan fingerprint density at radius 1 is 1.08 bits per heavy atom. The summed E-state index contributed by atoms with van der Waals surface area (Å²) >= 11 is 5.35. The molecule has 1 heterocycles. The van der Waals surface area contributed by atoms with Gasteiger partial charge in [0.05, 0.1) is 25.5 Å². The van der Waals surface area contributed by atoms with E-state index in [1.807, 2.05) is 47.3 Å². The molecule has 0 aliphatic carbocycles. The fraction of sp³-hybridized carbons (Fsp3) is 0.158. The summed E-state index contributed by atoms with van der Waals surface area (Å²) < 4.78 is 7.03. The Balaban J connectivity index is 1.58. The number of benzene rings is 2. The maximum absolute atomic E-state index is 5.35. The van der Waals surface area contributed by atoms with Gasteiger partial charge >= 0.3 is 0 Å². The molecule has 1 aromatic heterocycles. The van der Waals surface area contributed by atoms with Crippen molar-refractivity contribution in [2.45, 2.75) is 13.5 Å². The van der Waals surface area contributed by atoms with Crippen molar-refractivity contribution in [2.75, 3.05) is 17.7 Å². The topological polar surface area (TPSA) is 51.1 Å². The average Bonchev–Trinajstić information content (AvgIpc) is 3.04. The highest BCUT2D eigenvalue weighted by molar-refractivity contribution is 7.80. The molecule has 0 amide bonds. The number of nitrogens with zero attached hydrogens (tertiary/aromatic N) is 2. The van der Waals surface area contributed by atoms with Gasteiger partial charge in [-0.05, 0) is 54.5 Å². The molecule has 128 valence electrons. The minimum absolute atomic E-state index is 0.514. The standard InChI is InChI=1S/C19H20N4OS/c1-14-5-3-4-6-15(14)12-23-13-17(11-20-23)22-19(25)21-16-7-9-18(24-2)10-8-16/h3-11,13H,12H2,1-2H3,(H2,21,22,25). The first-order valence-corrected chi connectivity index (χ1v) is 8.34. The summed E-state index contributed by atoms with van der Waals surface area (Å²) in [6, 6.07) is 15.9. The van der Waals surface area contributed by atoms with E-state index in [4.69, 9.17) is 17.0 Å². The normalized spacial score (nSPS) is 10.3. The van der Waals surface area contributed by atoms with E-state index in [2.05, 4.69) is 34.8 Å². The molecule has 0 atom stereocenters. The zero-order chi connectivity index (χ0) is 17.6. The van der Waals surface area contributed by atoms with E-state index in [0.29, 0.717) is 5.11 Å². The largest absolute Gasteiger partial charge is 0.497 e. The fourth-order valence-electron chi connectivity index (χ4n) is 2.44.